The fraction of sp³-hybridized carbons (Fsp3) is 0.176. The SMILES string of the molecule is C[C@@H](OC(=O)c1ccc(-c2nnco2)cc1)C(=O)NCc1cccs1. The molecule has 1 atom stereocenters. The molecule has 0 aliphatic rings. The lowest BCUT2D eigenvalue weighted by Crippen LogP contribution is -2.35. The number of amides is 1. The van der Waals surface area contributed by atoms with Crippen LogP contribution in [0.1, 0.15) is 22.2 Å². The summed E-state index contributed by atoms with van der Waals surface area (Å²) >= 11 is 1.55. The zero-order chi connectivity index (χ0) is 17.6. The molecule has 0 unspecified atom stereocenters. The number of carbonyl (C=O) groups is 2. The number of aromatic nitrogens is 2. The lowest BCUT2D eigenvalue weighted by molar-refractivity contribution is -0.129. The van der Waals surface area contributed by atoms with Gasteiger partial charge in [0.15, 0.2) is 6.10 Å². The molecule has 0 fully saturated rings. The van der Waals surface area contributed by atoms with Crippen LogP contribution in [0, 0.1) is 0 Å². The van der Waals surface area contributed by atoms with Crippen molar-refractivity contribution in [2.45, 2.75) is 19.6 Å². The number of nitrogens with zero attached hydrogens (tertiary/aromatic N) is 2. The molecule has 25 heavy (non-hydrogen) atoms. The molecule has 0 saturated carbocycles. The molecule has 0 saturated heterocycles. The van der Waals surface area contributed by atoms with E-state index in [9.17, 15) is 9.59 Å². The Labute approximate surface area is 147 Å². The standard InChI is InChI=1S/C17H15N3O4S/c1-11(15(21)18-9-14-3-2-8-25-14)24-17(22)13-6-4-12(5-7-13)16-20-19-10-23-16/h2-8,10-11H,9H2,1H3,(H,18,21)/t11-/m1/s1. The maximum absolute atomic E-state index is 12.1. The Hall–Kier alpha value is -3.00. The Balaban J connectivity index is 1.54. The summed E-state index contributed by atoms with van der Waals surface area (Å²) in [6.07, 6.45) is 0.344. The Morgan fingerprint density at radius 3 is 2.72 bits per heavy atom. The maximum atomic E-state index is 12.1. The van der Waals surface area contributed by atoms with Crippen LogP contribution in [0.3, 0.4) is 0 Å². The molecule has 2 heterocycles. The maximum Gasteiger partial charge on any atom is 0.338 e. The Kier molecular flexibility index (Phi) is 5.20. The summed E-state index contributed by atoms with van der Waals surface area (Å²) < 4.78 is 10.3. The number of hydrogen-bond donors (Lipinski definition) is 1. The monoisotopic (exact) mass is 357 g/mol. The van der Waals surface area contributed by atoms with Crippen molar-refractivity contribution in [3.63, 3.8) is 0 Å². The van der Waals surface area contributed by atoms with Crippen LogP contribution in [-0.4, -0.2) is 28.2 Å². The number of carbonyl (C=O) groups excluding carboxylic acids is 2. The van der Waals surface area contributed by atoms with E-state index in [1.165, 1.54) is 13.3 Å². The molecular weight excluding hydrogens is 342 g/mol. The fourth-order valence-electron chi connectivity index (χ4n) is 2.06. The van der Waals surface area contributed by atoms with Crippen LogP contribution in [0.5, 0.6) is 0 Å². The highest BCUT2D eigenvalue weighted by molar-refractivity contribution is 7.09. The smallest absolute Gasteiger partial charge is 0.338 e. The second-order valence-corrected chi connectivity index (χ2v) is 6.20. The molecule has 0 aliphatic carbocycles. The van der Waals surface area contributed by atoms with Crippen LogP contribution in [0.15, 0.2) is 52.6 Å². The number of rotatable bonds is 6. The summed E-state index contributed by atoms with van der Waals surface area (Å²) in [7, 11) is 0. The number of ether oxygens (including phenoxy) is 1. The van der Waals surface area contributed by atoms with Gasteiger partial charge in [0.1, 0.15) is 0 Å². The first kappa shape index (κ1) is 16.8. The average Bonchev–Trinajstić information content (AvgIpc) is 3.33. The molecule has 1 aromatic carbocycles. The predicted molar refractivity (Wildman–Crippen MR) is 90.8 cm³/mol. The summed E-state index contributed by atoms with van der Waals surface area (Å²) in [6, 6.07) is 10.3. The van der Waals surface area contributed by atoms with Gasteiger partial charge in [-0.05, 0) is 42.6 Å². The summed E-state index contributed by atoms with van der Waals surface area (Å²) in [5.74, 6) is -0.554. The highest BCUT2D eigenvalue weighted by Gasteiger charge is 2.19. The second-order valence-electron chi connectivity index (χ2n) is 5.17. The van der Waals surface area contributed by atoms with Crippen molar-refractivity contribution in [2.24, 2.45) is 0 Å². The van der Waals surface area contributed by atoms with Gasteiger partial charge in [-0.25, -0.2) is 4.79 Å². The number of hydrogen-bond acceptors (Lipinski definition) is 7. The third kappa shape index (κ3) is 4.30. The van der Waals surface area contributed by atoms with Gasteiger partial charge in [-0.2, -0.15) is 0 Å². The topological polar surface area (TPSA) is 94.3 Å². The molecular formula is C17H15N3O4S. The largest absolute Gasteiger partial charge is 0.449 e. The van der Waals surface area contributed by atoms with Crippen LogP contribution in [0.25, 0.3) is 11.5 Å². The molecule has 3 rings (SSSR count). The van der Waals surface area contributed by atoms with E-state index in [4.69, 9.17) is 9.15 Å². The molecule has 0 bridgehead atoms. The van der Waals surface area contributed by atoms with Gasteiger partial charge in [0, 0.05) is 10.4 Å². The zero-order valence-electron chi connectivity index (χ0n) is 13.3. The average molecular weight is 357 g/mol. The highest BCUT2D eigenvalue weighted by atomic mass is 32.1. The quantitative estimate of drug-likeness (QED) is 0.682. The number of benzene rings is 1. The Bertz CT molecular complexity index is 829. The first-order valence-corrected chi connectivity index (χ1v) is 8.39. The molecule has 0 spiro atoms. The first-order chi connectivity index (χ1) is 12.1. The van der Waals surface area contributed by atoms with E-state index in [1.807, 2.05) is 17.5 Å². The number of nitrogens with one attached hydrogen (secondary N) is 1. The molecule has 2 aromatic heterocycles. The van der Waals surface area contributed by atoms with Gasteiger partial charge in [-0.1, -0.05) is 6.07 Å². The van der Waals surface area contributed by atoms with Gasteiger partial charge in [0.25, 0.3) is 5.91 Å². The summed E-state index contributed by atoms with van der Waals surface area (Å²) in [5, 5.41) is 12.1. The van der Waals surface area contributed by atoms with Crippen molar-refractivity contribution in [3.8, 4) is 11.5 Å². The number of esters is 1. The molecule has 0 aliphatic heterocycles. The second kappa shape index (κ2) is 7.71. The van der Waals surface area contributed by atoms with Gasteiger partial charge in [0.05, 0.1) is 12.1 Å². The van der Waals surface area contributed by atoms with E-state index < -0.39 is 12.1 Å². The third-order valence-electron chi connectivity index (χ3n) is 3.40. The molecule has 1 amide bonds. The van der Waals surface area contributed by atoms with E-state index in [1.54, 1.807) is 35.6 Å². The van der Waals surface area contributed by atoms with Crippen LogP contribution < -0.4 is 5.32 Å². The van der Waals surface area contributed by atoms with E-state index in [0.29, 0.717) is 23.6 Å². The minimum atomic E-state index is -0.886. The molecule has 0 radical (unpaired) electrons. The van der Waals surface area contributed by atoms with Gasteiger partial charge in [0.2, 0.25) is 12.3 Å². The number of thiophene rings is 1. The van der Waals surface area contributed by atoms with Crippen molar-refractivity contribution in [1.82, 2.24) is 15.5 Å². The Morgan fingerprint density at radius 2 is 2.08 bits per heavy atom. The van der Waals surface area contributed by atoms with Crippen molar-refractivity contribution < 1.29 is 18.7 Å². The van der Waals surface area contributed by atoms with Crippen molar-refractivity contribution in [1.29, 1.82) is 0 Å². The highest BCUT2D eigenvalue weighted by Crippen LogP contribution is 2.17. The van der Waals surface area contributed by atoms with E-state index in [0.717, 1.165) is 4.88 Å². The minimum Gasteiger partial charge on any atom is -0.449 e. The van der Waals surface area contributed by atoms with Crippen molar-refractivity contribution in [2.75, 3.05) is 0 Å². The van der Waals surface area contributed by atoms with Crippen LogP contribution in [-0.2, 0) is 16.1 Å². The lowest BCUT2D eigenvalue weighted by Gasteiger charge is -2.13. The van der Waals surface area contributed by atoms with Crippen LogP contribution in [0.2, 0.25) is 0 Å². The third-order valence-corrected chi connectivity index (χ3v) is 4.27. The fourth-order valence-corrected chi connectivity index (χ4v) is 2.71. The van der Waals surface area contributed by atoms with Gasteiger partial charge < -0.3 is 14.5 Å². The van der Waals surface area contributed by atoms with Crippen molar-refractivity contribution in [3.05, 3.63) is 58.6 Å². The van der Waals surface area contributed by atoms with E-state index >= 15 is 0 Å². The van der Waals surface area contributed by atoms with E-state index in [-0.39, 0.29) is 5.91 Å². The Morgan fingerprint density at radius 1 is 1.28 bits per heavy atom. The van der Waals surface area contributed by atoms with Crippen LogP contribution >= 0.6 is 11.3 Å². The lowest BCUT2D eigenvalue weighted by atomic mass is 10.1. The molecule has 7 nitrogen and oxygen atoms in total. The first-order valence-electron chi connectivity index (χ1n) is 7.51. The molecule has 1 N–H and O–H groups in total. The summed E-state index contributed by atoms with van der Waals surface area (Å²) in [5.41, 5.74) is 1.02. The van der Waals surface area contributed by atoms with E-state index in [2.05, 4.69) is 15.5 Å². The minimum absolute atomic E-state index is 0.334. The summed E-state index contributed by atoms with van der Waals surface area (Å²) in [6.45, 7) is 1.95. The molecule has 3 aromatic rings. The molecule has 8 heteroatoms. The van der Waals surface area contributed by atoms with Gasteiger partial charge >= 0.3 is 5.97 Å². The van der Waals surface area contributed by atoms with Gasteiger partial charge in [-0.3, -0.25) is 4.79 Å². The zero-order valence-corrected chi connectivity index (χ0v) is 14.2. The normalized spacial score (nSPS) is 11.7. The molecule has 128 valence electrons. The summed E-state index contributed by atoms with van der Waals surface area (Å²) in [4.78, 5) is 25.2. The van der Waals surface area contributed by atoms with Crippen LogP contribution in [0.4, 0.5) is 0 Å². The van der Waals surface area contributed by atoms with Gasteiger partial charge in [-0.15, -0.1) is 21.5 Å². The predicted octanol–water partition coefficient (Wildman–Crippen LogP) is 2.66. The van der Waals surface area contributed by atoms with Crippen molar-refractivity contribution >= 4 is 23.2 Å².